The molecule has 1 rings (SSSR count). The highest BCUT2D eigenvalue weighted by atomic mass is 16.6. The van der Waals surface area contributed by atoms with Crippen LogP contribution in [0.2, 0.25) is 0 Å². The van der Waals surface area contributed by atoms with Gasteiger partial charge in [0.15, 0.2) is 5.96 Å². The highest BCUT2D eigenvalue weighted by molar-refractivity contribution is 5.79. The molecule has 1 unspecified atom stereocenters. The minimum atomic E-state index is -0.477. The highest BCUT2D eigenvalue weighted by Crippen LogP contribution is 2.10. The Balaban J connectivity index is 2.48. The molecule has 0 bridgehead atoms. The maximum atomic E-state index is 12.0. The summed E-state index contributed by atoms with van der Waals surface area (Å²) in [5, 5.41) is 6.59. The van der Waals surface area contributed by atoms with Crippen molar-refractivity contribution in [2.75, 3.05) is 26.7 Å². The topological polar surface area (TPSA) is 70.9 Å². The fraction of sp³-hybridized carbons (Fsp3) is 0.684. The van der Waals surface area contributed by atoms with Gasteiger partial charge in [0, 0.05) is 46.1 Å². The van der Waals surface area contributed by atoms with Gasteiger partial charge in [0.05, 0.1) is 6.54 Å². The molecule has 0 aliphatic heterocycles. The van der Waals surface area contributed by atoms with Crippen molar-refractivity contribution in [3.63, 3.8) is 0 Å². The van der Waals surface area contributed by atoms with Gasteiger partial charge >= 0.3 is 6.09 Å². The predicted molar refractivity (Wildman–Crippen MR) is 106 cm³/mol. The van der Waals surface area contributed by atoms with Crippen LogP contribution in [-0.2, 0) is 18.3 Å². The molecular formula is C19H35N5O2. The van der Waals surface area contributed by atoms with E-state index in [2.05, 4.69) is 34.8 Å². The molecule has 7 nitrogen and oxygen atoms in total. The molecule has 0 aliphatic rings. The molecule has 0 saturated heterocycles. The van der Waals surface area contributed by atoms with E-state index >= 15 is 0 Å². The molecule has 0 aliphatic carbocycles. The predicted octanol–water partition coefficient (Wildman–Crippen LogP) is 2.58. The minimum Gasteiger partial charge on any atom is -0.444 e. The Morgan fingerprint density at radius 1 is 1.38 bits per heavy atom. The third-order valence-electron chi connectivity index (χ3n) is 3.57. The summed E-state index contributed by atoms with van der Waals surface area (Å²) >= 11 is 0. The van der Waals surface area contributed by atoms with E-state index in [1.165, 1.54) is 5.56 Å². The molecule has 0 saturated carbocycles. The van der Waals surface area contributed by atoms with Crippen molar-refractivity contribution in [1.29, 1.82) is 0 Å². The first-order valence-corrected chi connectivity index (χ1v) is 9.18. The van der Waals surface area contributed by atoms with E-state index in [4.69, 9.17) is 4.74 Å². The second-order valence-electron chi connectivity index (χ2n) is 7.73. The van der Waals surface area contributed by atoms with Gasteiger partial charge in [-0.15, -0.1) is 0 Å². The Labute approximate surface area is 157 Å². The number of aliphatic imine (C=N–C) groups is 1. The Morgan fingerprint density at radius 3 is 2.62 bits per heavy atom. The van der Waals surface area contributed by atoms with Crippen LogP contribution in [0.3, 0.4) is 0 Å². The lowest BCUT2D eigenvalue weighted by molar-refractivity contribution is 0.0278. The summed E-state index contributed by atoms with van der Waals surface area (Å²) in [5.74, 6) is 1.04. The van der Waals surface area contributed by atoms with Gasteiger partial charge in [0.2, 0.25) is 0 Å². The number of aromatic nitrogens is 1. The average molecular weight is 366 g/mol. The first-order valence-electron chi connectivity index (χ1n) is 9.18. The molecule has 1 amide bonds. The Morgan fingerprint density at radius 2 is 2.08 bits per heavy atom. The molecule has 0 fully saturated rings. The molecule has 1 heterocycles. The van der Waals surface area contributed by atoms with Crippen LogP contribution in [0.15, 0.2) is 23.5 Å². The van der Waals surface area contributed by atoms with E-state index in [0.717, 1.165) is 12.5 Å². The van der Waals surface area contributed by atoms with E-state index in [1.807, 2.05) is 45.5 Å². The number of carbonyl (C=O) groups is 1. The van der Waals surface area contributed by atoms with E-state index in [-0.39, 0.29) is 12.0 Å². The fourth-order valence-corrected chi connectivity index (χ4v) is 2.38. The molecule has 26 heavy (non-hydrogen) atoms. The zero-order valence-corrected chi connectivity index (χ0v) is 17.3. The zero-order chi connectivity index (χ0) is 19.7. The van der Waals surface area contributed by atoms with Crippen LogP contribution in [-0.4, -0.2) is 53.8 Å². The minimum absolute atomic E-state index is 0.257. The number of carbonyl (C=O) groups excluding carboxylic acids is 1. The van der Waals surface area contributed by atoms with Crippen LogP contribution in [0, 0.1) is 5.92 Å². The third kappa shape index (κ3) is 8.78. The number of ether oxygens (including phenoxy) is 1. The van der Waals surface area contributed by atoms with Crippen molar-refractivity contribution in [2.24, 2.45) is 18.0 Å². The van der Waals surface area contributed by atoms with Gasteiger partial charge in [0.1, 0.15) is 5.60 Å². The lowest BCUT2D eigenvalue weighted by Gasteiger charge is -2.26. The van der Waals surface area contributed by atoms with E-state index < -0.39 is 5.60 Å². The van der Waals surface area contributed by atoms with E-state index in [0.29, 0.717) is 19.6 Å². The third-order valence-corrected chi connectivity index (χ3v) is 3.57. The largest absolute Gasteiger partial charge is 0.444 e. The first kappa shape index (κ1) is 21.9. The van der Waals surface area contributed by atoms with Gasteiger partial charge in [-0.05, 0) is 45.2 Å². The maximum absolute atomic E-state index is 12.0. The molecule has 0 aromatic carbocycles. The quantitative estimate of drug-likeness (QED) is 0.575. The van der Waals surface area contributed by atoms with Gasteiger partial charge in [0.25, 0.3) is 0 Å². The van der Waals surface area contributed by atoms with Crippen molar-refractivity contribution in [2.45, 2.75) is 46.8 Å². The number of hydrogen-bond acceptors (Lipinski definition) is 3. The summed E-state index contributed by atoms with van der Waals surface area (Å²) < 4.78 is 7.40. The van der Waals surface area contributed by atoms with Gasteiger partial charge in [-0.25, -0.2) is 9.79 Å². The SMILES string of the molecule is CCNC(=NCc1ccn(C)c1)NCC(C)CN(C)C(=O)OC(C)(C)C. The van der Waals surface area contributed by atoms with Crippen molar-refractivity contribution in [3.05, 3.63) is 24.0 Å². The van der Waals surface area contributed by atoms with Crippen molar-refractivity contribution in [1.82, 2.24) is 20.1 Å². The van der Waals surface area contributed by atoms with Gasteiger partial charge in [-0.2, -0.15) is 0 Å². The van der Waals surface area contributed by atoms with Gasteiger partial charge in [-0.3, -0.25) is 0 Å². The average Bonchev–Trinajstić information content (AvgIpc) is 2.94. The second kappa shape index (κ2) is 10.1. The monoisotopic (exact) mass is 365 g/mol. The fourth-order valence-electron chi connectivity index (χ4n) is 2.38. The molecule has 1 aromatic rings. The van der Waals surface area contributed by atoms with Crippen LogP contribution < -0.4 is 10.6 Å². The molecule has 1 atom stereocenters. The lowest BCUT2D eigenvalue weighted by atomic mass is 10.1. The number of amides is 1. The van der Waals surface area contributed by atoms with Crippen LogP contribution in [0.4, 0.5) is 4.79 Å². The standard InChI is InChI=1S/C19H35N5O2/c1-8-20-17(22-12-16-9-10-23(6)14-16)21-11-15(2)13-24(7)18(25)26-19(3,4)5/h9-10,14-15H,8,11-13H2,1-7H3,(H2,20,21,22). The van der Waals surface area contributed by atoms with Crippen molar-refractivity contribution in [3.8, 4) is 0 Å². The second-order valence-corrected chi connectivity index (χ2v) is 7.73. The summed E-state index contributed by atoms with van der Waals surface area (Å²) in [5.41, 5.74) is 0.692. The van der Waals surface area contributed by atoms with Crippen LogP contribution >= 0.6 is 0 Å². The summed E-state index contributed by atoms with van der Waals surface area (Å²) in [7, 11) is 3.76. The molecule has 148 valence electrons. The number of aryl methyl sites for hydroxylation is 1. The lowest BCUT2D eigenvalue weighted by Crippen LogP contribution is -2.42. The van der Waals surface area contributed by atoms with Gasteiger partial charge < -0.3 is 24.8 Å². The number of rotatable bonds is 7. The molecule has 0 spiro atoms. The van der Waals surface area contributed by atoms with Crippen LogP contribution in [0.1, 0.15) is 40.2 Å². The Bertz CT molecular complexity index is 589. The summed E-state index contributed by atoms with van der Waals surface area (Å²) in [6.07, 6.45) is 3.78. The molecule has 7 heteroatoms. The number of nitrogens with one attached hydrogen (secondary N) is 2. The Hall–Kier alpha value is -2.18. The summed E-state index contributed by atoms with van der Waals surface area (Å²) in [6.45, 7) is 12.5. The smallest absolute Gasteiger partial charge is 0.410 e. The normalized spacial score (nSPS) is 13.3. The van der Waals surface area contributed by atoms with Gasteiger partial charge in [-0.1, -0.05) is 6.92 Å². The number of guanidine groups is 1. The zero-order valence-electron chi connectivity index (χ0n) is 17.3. The molecular weight excluding hydrogens is 330 g/mol. The molecule has 0 radical (unpaired) electrons. The Kier molecular flexibility index (Phi) is 8.48. The van der Waals surface area contributed by atoms with Crippen LogP contribution in [0.25, 0.3) is 0 Å². The highest BCUT2D eigenvalue weighted by Gasteiger charge is 2.20. The first-order chi connectivity index (χ1) is 12.1. The maximum Gasteiger partial charge on any atom is 0.410 e. The van der Waals surface area contributed by atoms with Crippen LogP contribution in [0.5, 0.6) is 0 Å². The number of hydrogen-bond donors (Lipinski definition) is 2. The van der Waals surface area contributed by atoms with Crippen molar-refractivity contribution < 1.29 is 9.53 Å². The summed E-state index contributed by atoms with van der Waals surface area (Å²) in [4.78, 5) is 18.3. The summed E-state index contributed by atoms with van der Waals surface area (Å²) in [6, 6.07) is 2.06. The molecule has 1 aromatic heterocycles. The van der Waals surface area contributed by atoms with Crippen molar-refractivity contribution >= 4 is 12.1 Å². The number of nitrogens with zero attached hydrogens (tertiary/aromatic N) is 3. The van der Waals surface area contributed by atoms with E-state index in [1.54, 1.807) is 11.9 Å². The van der Waals surface area contributed by atoms with E-state index in [9.17, 15) is 4.79 Å². The molecule has 2 N–H and O–H groups in total.